The number of carbonyl (C=O) groups is 1. The Kier molecular flexibility index (Phi) is 4.63. The third-order valence-electron chi connectivity index (χ3n) is 2.61. The van der Waals surface area contributed by atoms with E-state index in [1.807, 2.05) is 6.92 Å². The number of thiophene rings is 1. The van der Waals surface area contributed by atoms with Gasteiger partial charge in [-0.25, -0.2) is 0 Å². The highest BCUT2D eigenvalue weighted by Crippen LogP contribution is 2.26. The number of aliphatic hydroxyl groups is 1. The molecule has 0 aliphatic carbocycles. The lowest BCUT2D eigenvalue weighted by Gasteiger charge is -2.09. The Labute approximate surface area is 120 Å². The first-order valence-corrected chi connectivity index (χ1v) is 7.09. The molecule has 102 valence electrons. The average molecular weight is 300 g/mol. The minimum Gasteiger partial charge on any atom is -0.456 e. The Hall–Kier alpha value is -1.30. The molecule has 0 fully saturated rings. The van der Waals surface area contributed by atoms with E-state index in [1.165, 1.54) is 11.3 Å². The predicted octanol–water partition coefficient (Wildman–Crippen LogP) is 3.02. The molecule has 0 unspecified atom stereocenters. The minimum atomic E-state index is -0.762. The summed E-state index contributed by atoms with van der Waals surface area (Å²) in [5.41, 5.74) is 0. The van der Waals surface area contributed by atoms with E-state index in [4.69, 9.17) is 16.0 Å². The van der Waals surface area contributed by atoms with Crippen molar-refractivity contribution in [2.45, 2.75) is 19.4 Å². The van der Waals surface area contributed by atoms with Crippen LogP contribution in [0.5, 0.6) is 0 Å². The van der Waals surface area contributed by atoms with Crippen LogP contribution in [0, 0.1) is 0 Å². The number of hydrogen-bond donors (Lipinski definition) is 2. The number of hydrogen-bond acceptors (Lipinski definition) is 4. The summed E-state index contributed by atoms with van der Waals surface area (Å²) in [6.07, 6.45) is -0.0223. The lowest BCUT2D eigenvalue weighted by Crippen LogP contribution is -2.27. The highest BCUT2D eigenvalue weighted by molar-refractivity contribution is 7.16. The van der Waals surface area contributed by atoms with Gasteiger partial charge in [-0.2, -0.15) is 0 Å². The van der Waals surface area contributed by atoms with Crippen molar-refractivity contribution in [1.82, 2.24) is 5.32 Å². The molecule has 2 aromatic heterocycles. The number of halogens is 1. The van der Waals surface area contributed by atoms with Crippen LogP contribution in [0.25, 0.3) is 0 Å². The summed E-state index contributed by atoms with van der Waals surface area (Å²) in [7, 11) is 0. The summed E-state index contributed by atoms with van der Waals surface area (Å²) in [6.45, 7) is 2.07. The van der Waals surface area contributed by atoms with Gasteiger partial charge in [-0.3, -0.25) is 4.79 Å². The summed E-state index contributed by atoms with van der Waals surface area (Å²) in [5, 5.41) is 12.5. The van der Waals surface area contributed by atoms with Gasteiger partial charge in [-0.1, -0.05) is 18.5 Å². The van der Waals surface area contributed by atoms with Gasteiger partial charge in [0.1, 0.15) is 11.9 Å². The molecule has 2 rings (SSSR count). The molecule has 0 aliphatic heterocycles. The normalized spacial score (nSPS) is 12.4. The van der Waals surface area contributed by atoms with Crippen molar-refractivity contribution in [3.05, 3.63) is 45.0 Å². The van der Waals surface area contributed by atoms with Crippen LogP contribution in [0.3, 0.4) is 0 Å². The Morgan fingerprint density at radius 2 is 2.26 bits per heavy atom. The number of aryl methyl sites for hydroxylation is 1. The average Bonchev–Trinajstić information content (AvgIpc) is 3.04. The maximum Gasteiger partial charge on any atom is 0.287 e. The summed E-state index contributed by atoms with van der Waals surface area (Å²) in [4.78, 5) is 12.5. The monoisotopic (exact) mass is 299 g/mol. The third kappa shape index (κ3) is 3.59. The topological polar surface area (TPSA) is 62.5 Å². The number of amides is 1. The molecule has 0 aliphatic rings. The maximum atomic E-state index is 11.8. The standard InChI is InChI=1S/C13H14ClNO3S/c1-2-8-3-4-10(18-8)13(17)15-7-9(16)11-5-6-12(14)19-11/h3-6,9,16H,2,7H2,1H3,(H,15,17)/t9-/m0/s1. The van der Waals surface area contributed by atoms with Crippen molar-refractivity contribution < 1.29 is 14.3 Å². The van der Waals surface area contributed by atoms with Crippen LogP contribution in [-0.2, 0) is 6.42 Å². The van der Waals surface area contributed by atoms with Crippen LogP contribution in [0.4, 0.5) is 0 Å². The van der Waals surface area contributed by atoms with Gasteiger partial charge in [0, 0.05) is 17.8 Å². The van der Waals surface area contributed by atoms with E-state index < -0.39 is 6.10 Å². The van der Waals surface area contributed by atoms with Crippen LogP contribution < -0.4 is 5.32 Å². The maximum absolute atomic E-state index is 11.8. The Morgan fingerprint density at radius 3 is 2.84 bits per heavy atom. The van der Waals surface area contributed by atoms with Gasteiger partial charge in [0.2, 0.25) is 0 Å². The van der Waals surface area contributed by atoms with E-state index in [1.54, 1.807) is 24.3 Å². The fraction of sp³-hybridized carbons (Fsp3) is 0.308. The summed E-state index contributed by atoms with van der Waals surface area (Å²) in [5.74, 6) is 0.686. The molecule has 2 heterocycles. The van der Waals surface area contributed by atoms with E-state index in [-0.39, 0.29) is 18.2 Å². The van der Waals surface area contributed by atoms with E-state index in [2.05, 4.69) is 5.32 Å². The van der Waals surface area contributed by atoms with Gasteiger partial charge in [0.05, 0.1) is 4.34 Å². The zero-order chi connectivity index (χ0) is 13.8. The summed E-state index contributed by atoms with van der Waals surface area (Å²) in [6, 6.07) is 6.85. The Balaban J connectivity index is 1.89. The molecule has 0 saturated carbocycles. The molecule has 0 bridgehead atoms. The molecule has 19 heavy (non-hydrogen) atoms. The van der Waals surface area contributed by atoms with Crippen LogP contribution in [0.15, 0.2) is 28.7 Å². The lowest BCUT2D eigenvalue weighted by atomic mass is 10.3. The SMILES string of the molecule is CCc1ccc(C(=O)NC[C@H](O)c2ccc(Cl)s2)o1. The van der Waals surface area contributed by atoms with Crippen molar-refractivity contribution in [3.8, 4) is 0 Å². The molecular weight excluding hydrogens is 286 g/mol. The Morgan fingerprint density at radius 1 is 1.47 bits per heavy atom. The first-order valence-electron chi connectivity index (χ1n) is 5.90. The van der Waals surface area contributed by atoms with Gasteiger partial charge >= 0.3 is 0 Å². The molecule has 2 aromatic rings. The van der Waals surface area contributed by atoms with Crippen molar-refractivity contribution in [2.75, 3.05) is 6.54 Å². The van der Waals surface area contributed by atoms with Crippen molar-refractivity contribution >= 4 is 28.8 Å². The highest BCUT2D eigenvalue weighted by Gasteiger charge is 2.14. The van der Waals surface area contributed by atoms with Crippen molar-refractivity contribution in [2.24, 2.45) is 0 Å². The fourth-order valence-corrected chi connectivity index (χ4v) is 2.62. The first-order chi connectivity index (χ1) is 9.10. The number of furan rings is 1. The predicted molar refractivity (Wildman–Crippen MR) is 74.7 cm³/mol. The number of carbonyl (C=O) groups excluding carboxylic acids is 1. The van der Waals surface area contributed by atoms with Gasteiger partial charge in [-0.15, -0.1) is 11.3 Å². The molecule has 4 nitrogen and oxygen atoms in total. The second kappa shape index (κ2) is 6.23. The van der Waals surface area contributed by atoms with Crippen LogP contribution in [0.2, 0.25) is 4.34 Å². The van der Waals surface area contributed by atoms with Crippen molar-refractivity contribution in [1.29, 1.82) is 0 Å². The largest absolute Gasteiger partial charge is 0.456 e. The first kappa shape index (κ1) is 14.1. The number of nitrogens with one attached hydrogen (secondary N) is 1. The highest BCUT2D eigenvalue weighted by atomic mass is 35.5. The Bertz CT molecular complexity index is 564. The van der Waals surface area contributed by atoms with Crippen LogP contribution in [-0.4, -0.2) is 17.6 Å². The molecule has 0 saturated heterocycles. The zero-order valence-corrected chi connectivity index (χ0v) is 11.9. The number of rotatable bonds is 5. The lowest BCUT2D eigenvalue weighted by molar-refractivity contribution is 0.0889. The smallest absolute Gasteiger partial charge is 0.287 e. The summed E-state index contributed by atoms with van der Waals surface area (Å²) < 4.78 is 5.93. The molecule has 0 aromatic carbocycles. The number of aliphatic hydroxyl groups excluding tert-OH is 1. The summed E-state index contributed by atoms with van der Waals surface area (Å²) >= 11 is 7.08. The molecule has 1 amide bonds. The molecule has 1 atom stereocenters. The van der Waals surface area contributed by atoms with Gasteiger partial charge < -0.3 is 14.8 Å². The van der Waals surface area contributed by atoms with Gasteiger partial charge in [0.25, 0.3) is 5.91 Å². The fourth-order valence-electron chi connectivity index (χ4n) is 1.57. The van der Waals surface area contributed by atoms with Crippen molar-refractivity contribution in [3.63, 3.8) is 0 Å². The minimum absolute atomic E-state index is 0.123. The second-order valence-corrected chi connectivity index (χ2v) is 5.73. The quantitative estimate of drug-likeness (QED) is 0.892. The van der Waals surface area contributed by atoms with Crippen LogP contribution in [0.1, 0.15) is 34.2 Å². The zero-order valence-electron chi connectivity index (χ0n) is 10.4. The molecule has 2 N–H and O–H groups in total. The van der Waals surface area contributed by atoms with E-state index in [9.17, 15) is 9.90 Å². The second-order valence-electron chi connectivity index (χ2n) is 3.99. The molecule has 0 radical (unpaired) electrons. The van der Waals surface area contributed by atoms with E-state index in [0.717, 1.165) is 17.1 Å². The van der Waals surface area contributed by atoms with E-state index >= 15 is 0 Å². The van der Waals surface area contributed by atoms with Gasteiger partial charge in [0.15, 0.2) is 5.76 Å². The third-order valence-corrected chi connectivity index (χ3v) is 3.94. The van der Waals surface area contributed by atoms with Crippen LogP contribution >= 0.6 is 22.9 Å². The molecular formula is C13H14ClNO3S. The van der Waals surface area contributed by atoms with E-state index in [0.29, 0.717) is 4.34 Å². The molecule has 0 spiro atoms. The van der Waals surface area contributed by atoms with Gasteiger partial charge in [-0.05, 0) is 24.3 Å². The molecule has 6 heteroatoms.